The topological polar surface area (TPSA) is 62.6 Å². The van der Waals surface area contributed by atoms with Crippen molar-refractivity contribution >= 4 is 29.6 Å². The van der Waals surface area contributed by atoms with E-state index in [4.69, 9.17) is 14.0 Å². The lowest BCUT2D eigenvalue weighted by atomic mass is 9.78. The Morgan fingerprint density at radius 2 is 1.74 bits per heavy atom. The van der Waals surface area contributed by atoms with Crippen LogP contribution in [0.5, 0.6) is 0 Å². The van der Waals surface area contributed by atoms with Crippen molar-refractivity contribution in [3.63, 3.8) is 0 Å². The van der Waals surface area contributed by atoms with Gasteiger partial charge in [-0.25, -0.2) is 9.18 Å². The van der Waals surface area contributed by atoms with Crippen LogP contribution in [0.2, 0.25) is 0 Å². The zero-order valence-electron chi connectivity index (χ0n) is 17.1. The normalized spacial score (nSPS) is 18.9. The molecular formula is C19H26BFN2O4. The molecule has 2 heterocycles. The van der Waals surface area contributed by atoms with Gasteiger partial charge in [-0.3, -0.25) is 0 Å². The maximum absolute atomic E-state index is 14.9. The Kier molecular flexibility index (Phi) is 4.43. The highest BCUT2D eigenvalue weighted by atomic mass is 19.1. The van der Waals surface area contributed by atoms with Gasteiger partial charge in [-0.05, 0) is 61.5 Å². The zero-order valence-corrected chi connectivity index (χ0v) is 17.1. The molecule has 1 aliphatic rings. The molecule has 1 fully saturated rings. The van der Waals surface area contributed by atoms with Crippen LogP contribution in [0.15, 0.2) is 12.1 Å². The summed E-state index contributed by atoms with van der Waals surface area (Å²) in [7, 11) is -0.830. The summed E-state index contributed by atoms with van der Waals surface area (Å²) < 4.78 is 33.3. The van der Waals surface area contributed by atoms with Gasteiger partial charge in [-0.2, -0.15) is 9.78 Å². The molecule has 6 nitrogen and oxygen atoms in total. The van der Waals surface area contributed by atoms with Crippen molar-refractivity contribution in [2.45, 2.75) is 72.2 Å². The number of hydrogen-bond acceptors (Lipinski definition) is 5. The highest BCUT2D eigenvalue weighted by Crippen LogP contribution is 2.37. The van der Waals surface area contributed by atoms with Crippen LogP contribution in [0.3, 0.4) is 0 Å². The first-order chi connectivity index (χ1) is 12.2. The quantitative estimate of drug-likeness (QED) is 0.713. The molecule has 0 saturated carbocycles. The average molecular weight is 376 g/mol. The highest BCUT2D eigenvalue weighted by molar-refractivity contribution is 6.62. The molecule has 3 rings (SSSR count). The number of nitrogens with zero attached hydrogens (tertiary/aromatic N) is 2. The molecule has 1 aromatic carbocycles. The number of aryl methyl sites for hydroxylation is 1. The molecule has 146 valence electrons. The highest BCUT2D eigenvalue weighted by Gasteiger charge is 2.52. The number of rotatable bonds is 1. The first-order valence-corrected chi connectivity index (χ1v) is 9.00. The summed E-state index contributed by atoms with van der Waals surface area (Å²) in [6, 6.07) is 2.91. The Bertz CT molecular complexity index is 899. The number of halogens is 1. The van der Waals surface area contributed by atoms with E-state index in [1.165, 1.54) is 6.07 Å². The average Bonchev–Trinajstić information content (AvgIpc) is 2.90. The van der Waals surface area contributed by atoms with Crippen LogP contribution in [0.1, 0.15) is 54.2 Å². The van der Waals surface area contributed by atoms with Crippen molar-refractivity contribution in [3.8, 4) is 0 Å². The predicted octanol–water partition coefficient (Wildman–Crippen LogP) is 3.57. The molecule has 0 N–H and O–H groups in total. The van der Waals surface area contributed by atoms with E-state index in [-0.39, 0.29) is 5.46 Å². The smallest absolute Gasteiger partial charge is 0.442 e. The molecule has 8 heteroatoms. The maximum Gasteiger partial charge on any atom is 0.497 e. The van der Waals surface area contributed by atoms with Crippen molar-refractivity contribution in [2.75, 3.05) is 0 Å². The molecule has 2 aromatic rings. The molecule has 0 atom stereocenters. The van der Waals surface area contributed by atoms with Crippen LogP contribution in [0.25, 0.3) is 10.9 Å². The van der Waals surface area contributed by atoms with Gasteiger partial charge in [0.15, 0.2) is 0 Å². The molecular weight excluding hydrogens is 350 g/mol. The number of aromatic nitrogens is 2. The van der Waals surface area contributed by atoms with Gasteiger partial charge >= 0.3 is 13.2 Å². The van der Waals surface area contributed by atoms with E-state index in [0.29, 0.717) is 16.6 Å². The fourth-order valence-corrected chi connectivity index (χ4v) is 2.90. The summed E-state index contributed by atoms with van der Waals surface area (Å²) >= 11 is 0. The number of fused-ring (bicyclic) bond motifs is 1. The monoisotopic (exact) mass is 376 g/mol. The molecule has 0 aliphatic carbocycles. The van der Waals surface area contributed by atoms with E-state index in [1.807, 2.05) is 27.7 Å². The van der Waals surface area contributed by atoms with Crippen molar-refractivity contribution in [1.29, 1.82) is 0 Å². The lowest BCUT2D eigenvalue weighted by Gasteiger charge is -2.32. The summed E-state index contributed by atoms with van der Waals surface area (Å²) in [5.74, 6) is -0.522. The van der Waals surface area contributed by atoms with Crippen molar-refractivity contribution in [1.82, 2.24) is 9.78 Å². The summed E-state index contributed by atoms with van der Waals surface area (Å²) in [5.41, 5.74) is -0.602. The van der Waals surface area contributed by atoms with Crippen LogP contribution in [-0.2, 0) is 14.0 Å². The van der Waals surface area contributed by atoms with Gasteiger partial charge < -0.3 is 14.0 Å². The van der Waals surface area contributed by atoms with Gasteiger partial charge in [0.2, 0.25) is 0 Å². The van der Waals surface area contributed by atoms with Gasteiger partial charge in [-0.1, -0.05) is 0 Å². The van der Waals surface area contributed by atoms with Gasteiger partial charge in [0.1, 0.15) is 11.4 Å². The second-order valence-electron chi connectivity index (χ2n) is 8.96. The minimum absolute atomic E-state index is 0.285. The first kappa shape index (κ1) is 19.8. The predicted molar refractivity (Wildman–Crippen MR) is 102 cm³/mol. The van der Waals surface area contributed by atoms with Gasteiger partial charge in [-0.15, -0.1) is 0 Å². The molecule has 1 saturated heterocycles. The van der Waals surface area contributed by atoms with Crippen LogP contribution in [0, 0.1) is 12.7 Å². The molecule has 0 bridgehead atoms. The molecule has 1 aliphatic heterocycles. The Labute approximate surface area is 159 Å². The molecule has 0 radical (unpaired) electrons. The second-order valence-corrected chi connectivity index (χ2v) is 8.96. The molecule has 1 aromatic heterocycles. The SMILES string of the molecule is Cc1nn(C(=O)OC(C)(C)C)c2cc(F)c(B3OC(C)(C)C(C)(C)O3)cc12. The number of carbonyl (C=O) groups excluding carboxylic acids is 1. The number of benzene rings is 1. The Balaban J connectivity index is 2.04. The molecule has 0 amide bonds. The van der Waals surface area contributed by atoms with E-state index >= 15 is 0 Å². The number of ether oxygens (including phenoxy) is 1. The summed E-state index contributed by atoms with van der Waals surface area (Å²) in [6.07, 6.45) is -0.650. The van der Waals surface area contributed by atoms with E-state index in [9.17, 15) is 9.18 Å². The maximum atomic E-state index is 14.9. The van der Waals surface area contributed by atoms with E-state index in [1.54, 1.807) is 33.8 Å². The molecule has 0 spiro atoms. The minimum atomic E-state index is -0.830. The van der Waals surface area contributed by atoms with Crippen molar-refractivity contribution < 1.29 is 23.2 Å². The van der Waals surface area contributed by atoms with Crippen LogP contribution >= 0.6 is 0 Å². The van der Waals surface area contributed by atoms with Crippen LogP contribution < -0.4 is 5.46 Å². The van der Waals surface area contributed by atoms with Crippen LogP contribution in [-0.4, -0.2) is 39.8 Å². The molecule has 0 unspecified atom stereocenters. The van der Waals surface area contributed by atoms with E-state index < -0.39 is 35.8 Å². The fraction of sp³-hybridized carbons (Fsp3) is 0.579. The minimum Gasteiger partial charge on any atom is -0.442 e. The largest absolute Gasteiger partial charge is 0.497 e. The lowest BCUT2D eigenvalue weighted by Crippen LogP contribution is -2.41. The van der Waals surface area contributed by atoms with Crippen molar-refractivity contribution in [3.05, 3.63) is 23.6 Å². The third-order valence-electron chi connectivity index (χ3n) is 5.06. The molecule has 27 heavy (non-hydrogen) atoms. The first-order valence-electron chi connectivity index (χ1n) is 9.00. The number of carbonyl (C=O) groups is 1. The van der Waals surface area contributed by atoms with Gasteiger partial charge in [0.05, 0.1) is 22.4 Å². The Morgan fingerprint density at radius 3 is 2.26 bits per heavy atom. The summed E-state index contributed by atoms with van der Waals surface area (Å²) in [5, 5.41) is 4.88. The third kappa shape index (κ3) is 3.48. The third-order valence-corrected chi connectivity index (χ3v) is 5.06. The standard InChI is InChI=1S/C19H26BFN2O4/c1-11-12-9-13(20-26-18(5,6)19(7,8)27-20)14(21)10-15(12)23(22-11)16(24)25-17(2,3)4/h9-10H,1-8H3. The fourth-order valence-electron chi connectivity index (χ4n) is 2.90. The van der Waals surface area contributed by atoms with Gasteiger partial charge in [0.25, 0.3) is 0 Å². The number of hydrogen-bond donors (Lipinski definition) is 0. The Morgan fingerprint density at radius 1 is 1.19 bits per heavy atom. The summed E-state index contributed by atoms with van der Waals surface area (Å²) in [6.45, 7) is 14.7. The zero-order chi connectivity index (χ0) is 20.4. The van der Waals surface area contributed by atoms with Crippen molar-refractivity contribution in [2.24, 2.45) is 0 Å². The van der Waals surface area contributed by atoms with E-state index in [2.05, 4.69) is 5.10 Å². The summed E-state index contributed by atoms with van der Waals surface area (Å²) in [4.78, 5) is 12.4. The lowest BCUT2D eigenvalue weighted by molar-refractivity contribution is 0.00578. The second kappa shape index (κ2) is 6.04. The van der Waals surface area contributed by atoms with Gasteiger partial charge in [0, 0.05) is 16.9 Å². The van der Waals surface area contributed by atoms with Crippen LogP contribution in [0.4, 0.5) is 9.18 Å². The Hall–Kier alpha value is -1.93. The van der Waals surface area contributed by atoms with E-state index in [0.717, 1.165) is 4.68 Å².